The topological polar surface area (TPSA) is 54.5 Å². The Morgan fingerprint density at radius 3 is 2.07 bits per heavy atom. The van der Waals surface area contributed by atoms with Gasteiger partial charge in [0.05, 0.1) is 26.4 Å². The van der Waals surface area contributed by atoms with Crippen molar-refractivity contribution >= 4 is 0 Å². The summed E-state index contributed by atoms with van der Waals surface area (Å²) in [5.74, 6) is 0.310. The van der Waals surface area contributed by atoms with Gasteiger partial charge in [0, 0.05) is 0 Å². The lowest BCUT2D eigenvalue weighted by Crippen LogP contribution is -2.06. The van der Waals surface area contributed by atoms with Crippen LogP contribution in [-0.4, -0.2) is 43.7 Å². The number of phenols is 1. The summed E-state index contributed by atoms with van der Waals surface area (Å²) in [6, 6.07) is 22.5. The second kappa shape index (κ2) is 7.99. The Morgan fingerprint density at radius 2 is 1.38 bits per heavy atom. The zero-order valence-corrected chi connectivity index (χ0v) is 16.2. The van der Waals surface area contributed by atoms with Crippen molar-refractivity contribution in [2.24, 2.45) is 0 Å². The standard InChI is InChI=1S/C19H14O.C6H10O3/c20-15-10-8-13(9-11-15)16-6-3-7-18-17-5-2-1-4-14(17)12-19(16)18;1(5-3-8-5)7-2-6-4-9-6/h1-11,20H,12H2;5-6H,1-4H2. The van der Waals surface area contributed by atoms with E-state index in [1.54, 1.807) is 12.1 Å². The van der Waals surface area contributed by atoms with Gasteiger partial charge in [-0.3, -0.25) is 0 Å². The van der Waals surface area contributed by atoms with Gasteiger partial charge in [0.1, 0.15) is 18.0 Å². The molecule has 2 aliphatic heterocycles. The summed E-state index contributed by atoms with van der Waals surface area (Å²) < 4.78 is 15.1. The van der Waals surface area contributed by atoms with Gasteiger partial charge in [-0.15, -0.1) is 0 Å². The highest BCUT2D eigenvalue weighted by atomic mass is 16.6. The summed E-state index contributed by atoms with van der Waals surface area (Å²) >= 11 is 0. The van der Waals surface area contributed by atoms with Gasteiger partial charge < -0.3 is 19.3 Å². The lowest BCUT2D eigenvalue weighted by molar-refractivity contribution is 0.102. The van der Waals surface area contributed by atoms with E-state index in [0.717, 1.165) is 38.4 Å². The van der Waals surface area contributed by atoms with E-state index in [9.17, 15) is 5.11 Å². The minimum absolute atomic E-state index is 0.310. The molecule has 2 heterocycles. The molecule has 0 spiro atoms. The van der Waals surface area contributed by atoms with Crippen LogP contribution in [-0.2, 0) is 20.6 Å². The molecular weight excluding hydrogens is 364 g/mol. The highest BCUT2D eigenvalue weighted by Gasteiger charge is 2.26. The van der Waals surface area contributed by atoms with E-state index in [-0.39, 0.29) is 0 Å². The summed E-state index contributed by atoms with van der Waals surface area (Å²) in [7, 11) is 0. The average molecular weight is 388 g/mol. The molecule has 0 saturated carbocycles. The van der Waals surface area contributed by atoms with Gasteiger partial charge in [-0.25, -0.2) is 0 Å². The van der Waals surface area contributed by atoms with Crippen LogP contribution in [0.2, 0.25) is 0 Å². The Hall–Kier alpha value is -2.66. The van der Waals surface area contributed by atoms with E-state index in [4.69, 9.17) is 14.2 Å². The second-order valence-corrected chi connectivity index (χ2v) is 7.66. The van der Waals surface area contributed by atoms with E-state index in [2.05, 4.69) is 42.5 Å². The third-order valence-electron chi connectivity index (χ3n) is 5.44. The maximum absolute atomic E-state index is 9.44. The number of aromatic hydroxyl groups is 1. The summed E-state index contributed by atoms with van der Waals surface area (Å²) in [5.41, 5.74) is 7.90. The number of epoxide rings is 2. The van der Waals surface area contributed by atoms with Gasteiger partial charge in [0.25, 0.3) is 0 Å². The summed E-state index contributed by atoms with van der Waals surface area (Å²) in [4.78, 5) is 0. The third-order valence-corrected chi connectivity index (χ3v) is 5.44. The van der Waals surface area contributed by atoms with Gasteiger partial charge in [-0.2, -0.15) is 0 Å². The summed E-state index contributed by atoms with van der Waals surface area (Å²) in [6.07, 6.45) is 1.77. The molecule has 29 heavy (non-hydrogen) atoms. The molecule has 6 rings (SSSR count). The molecular formula is C25H24O4. The van der Waals surface area contributed by atoms with Crippen LogP contribution in [0.3, 0.4) is 0 Å². The first-order chi connectivity index (χ1) is 14.3. The number of hydrogen-bond donors (Lipinski definition) is 1. The van der Waals surface area contributed by atoms with Gasteiger partial charge in [-0.05, 0) is 51.9 Å². The van der Waals surface area contributed by atoms with Crippen molar-refractivity contribution in [3.8, 4) is 28.0 Å². The van der Waals surface area contributed by atoms with Crippen molar-refractivity contribution < 1.29 is 19.3 Å². The van der Waals surface area contributed by atoms with Crippen LogP contribution in [0.15, 0.2) is 66.7 Å². The molecule has 0 amide bonds. The Labute approximate surface area is 170 Å². The monoisotopic (exact) mass is 388 g/mol. The van der Waals surface area contributed by atoms with Crippen LogP contribution >= 0.6 is 0 Å². The van der Waals surface area contributed by atoms with E-state index in [0.29, 0.717) is 18.0 Å². The predicted octanol–water partition coefficient (Wildman–Crippen LogP) is 4.43. The molecule has 2 fully saturated rings. The first-order valence-electron chi connectivity index (χ1n) is 10.1. The van der Waals surface area contributed by atoms with Gasteiger partial charge in [0.2, 0.25) is 0 Å². The van der Waals surface area contributed by atoms with Crippen molar-refractivity contribution in [2.45, 2.75) is 18.6 Å². The van der Waals surface area contributed by atoms with Crippen molar-refractivity contribution in [3.63, 3.8) is 0 Å². The molecule has 2 unspecified atom stereocenters. The number of ether oxygens (including phenoxy) is 3. The maximum atomic E-state index is 9.44. The van der Waals surface area contributed by atoms with Crippen LogP contribution in [0, 0.1) is 0 Å². The fraction of sp³-hybridized carbons (Fsp3) is 0.280. The maximum Gasteiger partial charge on any atom is 0.115 e. The molecule has 0 aromatic heterocycles. The lowest BCUT2D eigenvalue weighted by Gasteiger charge is -2.09. The zero-order valence-electron chi connectivity index (χ0n) is 16.2. The second-order valence-electron chi connectivity index (χ2n) is 7.66. The van der Waals surface area contributed by atoms with Gasteiger partial charge in [-0.1, -0.05) is 54.6 Å². The highest BCUT2D eigenvalue weighted by molar-refractivity contribution is 5.84. The minimum Gasteiger partial charge on any atom is -0.508 e. The van der Waals surface area contributed by atoms with Crippen LogP contribution < -0.4 is 0 Å². The Kier molecular flexibility index (Phi) is 5.06. The Bertz CT molecular complexity index is 976. The highest BCUT2D eigenvalue weighted by Crippen LogP contribution is 2.41. The fourth-order valence-electron chi connectivity index (χ4n) is 3.73. The van der Waals surface area contributed by atoms with Crippen molar-refractivity contribution in [2.75, 3.05) is 26.4 Å². The molecule has 4 nitrogen and oxygen atoms in total. The lowest BCUT2D eigenvalue weighted by atomic mass is 9.96. The molecule has 2 atom stereocenters. The van der Waals surface area contributed by atoms with Gasteiger partial charge in [0.15, 0.2) is 0 Å². The van der Waals surface area contributed by atoms with Gasteiger partial charge >= 0.3 is 0 Å². The Morgan fingerprint density at radius 1 is 0.759 bits per heavy atom. The fourth-order valence-corrected chi connectivity index (χ4v) is 3.73. The van der Waals surface area contributed by atoms with Crippen LogP contribution in [0.4, 0.5) is 0 Å². The summed E-state index contributed by atoms with van der Waals surface area (Å²) in [5, 5.41) is 9.44. The van der Waals surface area contributed by atoms with E-state index in [1.807, 2.05) is 12.1 Å². The molecule has 3 aromatic rings. The molecule has 0 radical (unpaired) electrons. The molecule has 1 N–H and O–H groups in total. The quantitative estimate of drug-likeness (QED) is 0.514. The molecule has 2 saturated heterocycles. The molecule has 3 aliphatic rings. The predicted molar refractivity (Wildman–Crippen MR) is 112 cm³/mol. The molecule has 1 aliphatic carbocycles. The molecule has 4 heteroatoms. The van der Waals surface area contributed by atoms with E-state index >= 15 is 0 Å². The zero-order chi connectivity index (χ0) is 19.6. The first kappa shape index (κ1) is 18.4. The Balaban J connectivity index is 0.000000168. The molecule has 3 aromatic carbocycles. The van der Waals surface area contributed by atoms with Crippen molar-refractivity contribution in [1.82, 2.24) is 0 Å². The van der Waals surface area contributed by atoms with Crippen LogP contribution in [0.5, 0.6) is 5.75 Å². The van der Waals surface area contributed by atoms with Crippen molar-refractivity contribution in [1.29, 1.82) is 0 Å². The van der Waals surface area contributed by atoms with Crippen LogP contribution in [0.25, 0.3) is 22.3 Å². The number of phenolic OH excluding ortho intramolecular Hbond substituents is 1. The average Bonchev–Trinajstić information content (AvgIpc) is 3.68. The summed E-state index contributed by atoms with van der Waals surface area (Å²) in [6.45, 7) is 3.26. The largest absolute Gasteiger partial charge is 0.508 e. The van der Waals surface area contributed by atoms with E-state index in [1.165, 1.54) is 27.8 Å². The smallest absolute Gasteiger partial charge is 0.115 e. The number of fused-ring (bicyclic) bond motifs is 3. The van der Waals surface area contributed by atoms with Crippen LogP contribution in [0.1, 0.15) is 11.1 Å². The normalized spacial score (nSPS) is 20.3. The molecule has 148 valence electrons. The SMILES string of the molecule is C(OCC1CO1)C1CO1.Oc1ccc(-c2cccc3c2Cc2ccccc2-3)cc1. The van der Waals surface area contributed by atoms with E-state index < -0.39 is 0 Å². The molecule has 0 bridgehead atoms. The number of rotatable bonds is 5. The third kappa shape index (κ3) is 4.35. The first-order valence-corrected chi connectivity index (χ1v) is 10.1. The minimum atomic E-state index is 0.310. The number of hydrogen-bond acceptors (Lipinski definition) is 4. The number of benzene rings is 3. The van der Waals surface area contributed by atoms with Crippen molar-refractivity contribution in [3.05, 3.63) is 77.9 Å².